The largest absolute Gasteiger partial charge is 0.497 e. The Balaban J connectivity index is 1.78. The maximum atomic E-state index is 13.3. The van der Waals surface area contributed by atoms with E-state index in [1.54, 1.807) is 25.5 Å². The van der Waals surface area contributed by atoms with Gasteiger partial charge in [-0.2, -0.15) is 0 Å². The fourth-order valence-corrected chi connectivity index (χ4v) is 3.81. The topological polar surface area (TPSA) is 115 Å². The second-order valence-electron chi connectivity index (χ2n) is 7.67. The fraction of sp³-hybridized carbons (Fsp3) is 0.455. The summed E-state index contributed by atoms with van der Waals surface area (Å²) >= 11 is 0. The molecular formula is C22H29N5O5. The maximum Gasteiger partial charge on any atom is 0.273 e. The van der Waals surface area contributed by atoms with Crippen molar-refractivity contribution in [2.45, 2.75) is 32.5 Å². The molecule has 0 aliphatic carbocycles. The Morgan fingerprint density at radius 1 is 1.19 bits per heavy atom. The van der Waals surface area contributed by atoms with E-state index in [0.29, 0.717) is 26.2 Å². The Labute approximate surface area is 186 Å². The van der Waals surface area contributed by atoms with Gasteiger partial charge in [-0.15, -0.1) is 0 Å². The van der Waals surface area contributed by atoms with Crippen LogP contribution in [0.15, 0.2) is 30.6 Å². The Hall–Kier alpha value is -3.40. The Kier molecular flexibility index (Phi) is 7.14. The average Bonchev–Trinajstić information content (AvgIpc) is 3.22. The van der Waals surface area contributed by atoms with Gasteiger partial charge >= 0.3 is 0 Å². The minimum Gasteiger partial charge on any atom is -0.497 e. The highest BCUT2D eigenvalue weighted by Crippen LogP contribution is 2.28. The molecule has 2 heterocycles. The number of rotatable bonds is 9. The summed E-state index contributed by atoms with van der Waals surface area (Å²) in [5.74, 6) is -0.409. The van der Waals surface area contributed by atoms with Gasteiger partial charge in [-0.3, -0.25) is 14.4 Å². The Morgan fingerprint density at radius 3 is 2.53 bits per heavy atom. The summed E-state index contributed by atoms with van der Waals surface area (Å²) in [5.41, 5.74) is 0.00853. The molecule has 10 nitrogen and oxygen atoms in total. The number of aromatic nitrogens is 2. The van der Waals surface area contributed by atoms with Crippen molar-refractivity contribution in [1.82, 2.24) is 25.1 Å². The highest BCUT2D eigenvalue weighted by molar-refractivity contribution is 6.07. The Morgan fingerprint density at radius 2 is 1.91 bits per heavy atom. The van der Waals surface area contributed by atoms with Gasteiger partial charge in [0.25, 0.3) is 11.8 Å². The molecule has 0 fully saturated rings. The molecule has 2 aromatic rings. The summed E-state index contributed by atoms with van der Waals surface area (Å²) in [6.07, 6.45) is 1.43. The second-order valence-corrected chi connectivity index (χ2v) is 7.67. The van der Waals surface area contributed by atoms with E-state index in [1.165, 1.54) is 18.3 Å². The molecule has 3 rings (SSSR count). The third kappa shape index (κ3) is 4.45. The predicted molar refractivity (Wildman–Crippen MR) is 116 cm³/mol. The van der Waals surface area contributed by atoms with E-state index >= 15 is 0 Å². The first-order valence-electron chi connectivity index (χ1n) is 10.4. The number of likely N-dealkylation sites (N-methyl/N-ethyl adjacent to an activating group) is 1. The lowest BCUT2D eigenvalue weighted by molar-refractivity contribution is -0.132. The van der Waals surface area contributed by atoms with E-state index in [0.717, 1.165) is 11.3 Å². The van der Waals surface area contributed by atoms with Gasteiger partial charge in [-0.1, -0.05) is 12.1 Å². The normalized spacial score (nSPS) is 17.6. The van der Waals surface area contributed by atoms with Gasteiger partial charge in [0.2, 0.25) is 5.91 Å². The van der Waals surface area contributed by atoms with Crippen LogP contribution in [0.2, 0.25) is 0 Å². The first-order valence-corrected chi connectivity index (χ1v) is 10.4. The number of ether oxygens (including phenoxy) is 2. The van der Waals surface area contributed by atoms with Gasteiger partial charge in [0.05, 0.1) is 26.6 Å². The molecule has 2 N–H and O–H groups in total. The zero-order chi connectivity index (χ0) is 23.3. The summed E-state index contributed by atoms with van der Waals surface area (Å²) in [4.78, 5) is 44.6. The number of nitrogens with one attached hydrogen (secondary N) is 2. The smallest absolute Gasteiger partial charge is 0.273 e. The van der Waals surface area contributed by atoms with Crippen molar-refractivity contribution in [3.8, 4) is 5.75 Å². The van der Waals surface area contributed by atoms with Crippen LogP contribution in [0.3, 0.4) is 0 Å². The van der Waals surface area contributed by atoms with E-state index in [2.05, 4.69) is 15.6 Å². The van der Waals surface area contributed by atoms with Crippen LogP contribution in [0.1, 0.15) is 40.4 Å². The predicted octanol–water partition coefficient (Wildman–Crippen LogP) is 0.819. The van der Waals surface area contributed by atoms with Crippen molar-refractivity contribution in [1.29, 1.82) is 0 Å². The highest BCUT2D eigenvalue weighted by atomic mass is 16.5. The van der Waals surface area contributed by atoms with Gasteiger partial charge in [0.1, 0.15) is 17.0 Å². The standard InChI is InChI=1S/C22H29N5O5/c1-5-27-20(29)18-17(19(28)23-10-11-31-3)25-14-26(18)13-22(27,2)21(30)24-12-15-6-8-16(32-4)9-7-15/h6-9,14H,5,10-13H2,1-4H3,(H,23,28)(H,24,30)/t22-/m1/s1. The third-order valence-electron chi connectivity index (χ3n) is 5.58. The number of methoxy groups -OCH3 is 2. The van der Waals surface area contributed by atoms with Gasteiger partial charge in [0.15, 0.2) is 5.69 Å². The number of hydrogen-bond donors (Lipinski definition) is 2. The molecule has 10 heteroatoms. The zero-order valence-electron chi connectivity index (χ0n) is 18.8. The quantitative estimate of drug-likeness (QED) is 0.555. The first-order chi connectivity index (χ1) is 15.3. The van der Waals surface area contributed by atoms with E-state index < -0.39 is 17.4 Å². The Bertz CT molecular complexity index is 987. The van der Waals surface area contributed by atoms with Crippen LogP contribution >= 0.6 is 0 Å². The van der Waals surface area contributed by atoms with Crippen LogP contribution in [0.4, 0.5) is 0 Å². The molecule has 1 aliphatic heterocycles. The number of fused-ring (bicyclic) bond motifs is 1. The number of carbonyl (C=O) groups excluding carboxylic acids is 3. The van der Waals surface area contributed by atoms with E-state index in [-0.39, 0.29) is 23.8 Å². The van der Waals surface area contributed by atoms with Crippen LogP contribution < -0.4 is 15.4 Å². The van der Waals surface area contributed by atoms with Crippen LogP contribution in [0.25, 0.3) is 0 Å². The van der Waals surface area contributed by atoms with Crippen LogP contribution in [-0.4, -0.2) is 71.6 Å². The van der Waals surface area contributed by atoms with Crippen molar-refractivity contribution >= 4 is 17.7 Å². The zero-order valence-corrected chi connectivity index (χ0v) is 18.8. The van der Waals surface area contributed by atoms with Crippen molar-refractivity contribution in [3.63, 3.8) is 0 Å². The molecule has 1 atom stereocenters. The van der Waals surface area contributed by atoms with E-state index in [9.17, 15) is 14.4 Å². The molecule has 0 saturated heterocycles. The molecule has 172 valence electrons. The summed E-state index contributed by atoms with van der Waals surface area (Å²) in [6, 6.07) is 7.38. The monoisotopic (exact) mass is 443 g/mol. The van der Waals surface area contributed by atoms with Crippen molar-refractivity contribution in [2.24, 2.45) is 0 Å². The summed E-state index contributed by atoms with van der Waals surface area (Å²) in [6.45, 7) is 4.99. The molecule has 3 amide bonds. The molecule has 0 radical (unpaired) electrons. The number of nitrogens with zero attached hydrogens (tertiary/aromatic N) is 3. The molecule has 1 aromatic heterocycles. The van der Waals surface area contributed by atoms with Gasteiger partial charge < -0.3 is 29.6 Å². The summed E-state index contributed by atoms with van der Waals surface area (Å²) in [5, 5.41) is 5.61. The second kappa shape index (κ2) is 9.82. The molecule has 0 spiro atoms. The summed E-state index contributed by atoms with van der Waals surface area (Å²) < 4.78 is 11.7. The van der Waals surface area contributed by atoms with Crippen molar-refractivity contribution in [2.75, 3.05) is 33.9 Å². The number of benzene rings is 1. The van der Waals surface area contributed by atoms with Gasteiger partial charge in [0, 0.05) is 26.7 Å². The first kappa shape index (κ1) is 23.3. The molecule has 0 saturated carbocycles. The number of imidazole rings is 1. The van der Waals surface area contributed by atoms with E-state index in [1.807, 2.05) is 24.3 Å². The number of hydrogen-bond acceptors (Lipinski definition) is 6. The van der Waals surface area contributed by atoms with Gasteiger partial charge in [-0.25, -0.2) is 4.98 Å². The molecule has 1 aliphatic rings. The van der Waals surface area contributed by atoms with Crippen LogP contribution in [-0.2, 0) is 22.6 Å². The maximum absolute atomic E-state index is 13.3. The molecular weight excluding hydrogens is 414 g/mol. The minimum atomic E-state index is -1.13. The van der Waals surface area contributed by atoms with Crippen molar-refractivity contribution in [3.05, 3.63) is 47.5 Å². The lowest BCUT2D eigenvalue weighted by atomic mass is 9.94. The van der Waals surface area contributed by atoms with E-state index in [4.69, 9.17) is 9.47 Å². The van der Waals surface area contributed by atoms with Crippen LogP contribution in [0, 0.1) is 0 Å². The molecule has 32 heavy (non-hydrogen) atoms. The minimum absolute atomic E-state index is 0.0465. The number of carbonyl (C=O) groups is 3. The highest BCUT2D eigenvalue weighted by Gasteiger charge is 2.48. The lowest BCUT2D eigenvalue weighted by Gasteiger charge is -2.43. The third-order valence-corrected chi connectivity index (χ3v) is 5.58. The fourth-order valence-electron chi connectivity index (χ4n) is 3.81. The SMILES string of the molecule is CCN1C(=O)c2c(C(=O)NCCOC)ncn2C[C@]1(C)C(=O)NCc1ccc(OC)cc1. The summed E-state index contributed by atoms with van der Waals surface area (Å²) in [7, 11) is 3.13. The lowest BCUT2D eigenvalue weighted by Crippen LogP contribution is -2.63. The van der Waals surface area contributed by atoms with Gasteiger partial charge in [-0.05, 0) is 31.5 Å². The molecule has 0 unspecified atom stereocenters. The van der Waals surface area contributed by atoms with Crippen LogP contribution in [0.5, 0.6) is 5.75 Å². The molecule has 0 bridgehead atoms. The van der Waals surface area contributed by atoms with Crippen molar-refractivity contribution < 1.29 is 23.9 Å². The average molecular weight is 444 g/mol. The number of amides is 3. The molecule has 1 aromatic carbocycles.